The minimum absolute atomic E-state index is 0.351. The predicted octanol–water partition coefficient (Wildman–Crippen LogP) is 1.41. The van der Waals surface area contributed by atoms with Crippen LogP contribution in [0.3, 0.4) is 0 Å². The Morgan fingerprint density at radius 1 is 1.67 bits per heavy atom. The molecule has 0 saturated heterocycles. The van der Waals surface area contributed by atoms with Crippen LogP contribution in [-0.4, -0.2) is 27.5 Å². The van der Waals surface area contributed by atoms with E-state index >= 15 is 0 Å². The van der Waals surface area contributed by atoms with Crippen LogP contribution in [0.25, 0.3) is 0 Å². The summed E-state index contributed by atoms with van der Waals surface area (Å²) in [6.45, 7) is 5.56. The van der Waals surface area contributed by atoms with E-state index in [0.29, 0.717) is 16.2 Å². The van der Waals surface area contributed by atoms with E-state index in [-0.39, 0.29) is 0 Å². The molecule has 6 heteroatoms. The lowest BCUT2D eigenvalue weighted by Gasteiger charge is -2.12. The summed E-state index contributed by atoms with van der Waals surface area (Å²) < 4.78 is 1.77. The van der Waals surface area contributed by atoms with E-state index in [1.165, 1.54) is 0 Å². The van der Waals surface area contributed by atoms with Gasteiger partial charge in [-0.1, -0.05) is 11.6 Å². The van der Waals surface area contributed by atoms with E-state index in [1.807, 2.05) is 13.8 Å². The van der Waals surface area contributed by atoms with Crippen LogP contribution in [-0.2, 0) is 6.54 Å². The molecule has 0 aliphatic heterocycles. The maximum Gasteiger partial charge on any atom is 0.166 e. The van der Waals surface area contributed by atoms with Crippen LogP contribution in [0.1, 0.15) is 13.8 Å². The van der Waals surface area contributed by atoms with Gasteiger partial charge in [-0.15, -0.1) is 0 Å². The summed E-state index contributed by atoms with van der Waals surface area (Å²) in [5.41, 5.74) is 0. The zero-order valence-electron chi connectivity index (χ0n) is 8.83. The summed E-state index contributed by atoms with van der Waals surface area (Å²) in [4.78, 5) is 0. The summed E-state index contributed by atoms with van der Waals surface area (Å²) in [6.07, 6.45) is 3.40. The summed E-state index contributed by atoms with van der Waals surface area (Å²) in [5.74, 6) is 0. The van der Waals surface area contributed by atoms with Gasteiger partial charge in [-0.05, 0) is 26.1 Å². The Morgan fingerprint density at radius 3 is 2.93 bits per heavy atom. The zero-order chi connectivity index (χ0) is 11.3. The quantitative estimate of drug-likeness (QED) is 0.789. The van der Waals surface area contributed by atoms with Crippen molar-refractivity contribution in [2.24, 2.45) is 0 Å². The molecule has 0 amide bonds. The third kappa shape index (κ3) is 4.99. The highest BCUT2D eigenvalue weighted by Gasteiger charge is 1.98. The predicted molar refractivity (Wildman–Crippen MR) is 66.1 cm³/mol. The normalized spacial score (nSPS) is 10.4. The molecule has 1 aromatic heterocycles. The first kappa shape index (κ1) is 12.3. The van der Waals surface area contributed by atoms with Gasteiger partial charge in [0.15, 0.2) is 5.11 Å². The zero-order valence-corrected chi connectivity index (χ0v) is 10.4. The SMILES string of the molecule is CC(C)NC(=S)NCCn1cc(Cl)cn1. The van der Waals surface area contributed by atoms with Crippen LogP contribution < -0.4 is 10.6 Å². The van der Waals surface area contributed by atoms with E-state index < -0.39 is 0 Å². The minimum Gasteiger partial charge on any atom is -0.361 e. The fourth-order valence-electron chi connectivity index (χ4n) is 1.06. The molecular formula is C9H15ClN4S. The van der Waals surface area contributed by atoms with Crippen molar-refractivity contribution in [1.29, 1.82) is 0 Å². The Balaban J connectivity index is 2.19. The molecule has 1 rings (SSSR count). The Labute approximate surface area is 100.0 Å². The molecular weight excluding hydrogens is 232 g/mol. The number of hydrogen-bond acceptors (Lipinski definition) is 2. The lowest BCUT2D eigenvalue weighted by atomic mass is 10.4. The fourth-order valence-corrected chi connectivity index (χ4v) is 1.55. The number of hydrogen-bond donors (Lipinski definition) is 2. The van der Waals surface area contributed by atoms with Gasteiger partial charge >= 0.3 is 0 Å². The third-order valence-corrected chi connectivity index (χ3v) is 2.11. The van der Waals surface area contributed by atoms with Crippen LogP contribution in [0.5, 0.6) is 0 Å². The van der Waals surface area contributed by atoms with Crippen molar-refractivity contribution < 1.29 is 0 Å². The average Bonchev–Trinajstić information content (AvgIpc) is 2.50. The molecule has 4 nitrogen and oxygen atoms in total. The number of aromatic nitrogens is 2. The average molecular weight is 247 g/mol. The summed E-state index contributed by atoms with van der Waals surface area (Å²) in [6, 6.07) is 0.351. The van der Waals surface area contributed by atoms with E-state index in [9.17, 15) is 0 Å². The van der Waals surface area contributed by atoms with Gasteiger partial charge in [-0.3, -0.25) is 4.68 Å². The smallest absolute Gasteiger partial charge is 0.166 e. The Bertz CT molecular complexity index is 324. The van der Waals surface area contributed by atoms with Crippen LogP contribution >= 0.6 is 23.8 Å². The molecule has 84 valence electrons. The number of nitrogens with zero attached hydrogens (tertiary/aromatic N) is 2. The first-order chi connectivity index (χ1) is 7.08. The van der Waals surface area contributed by atoms with Crippen molar-refractivity contribution in [3.8, 4) is 0 Å². The largest absolute Gasteiger partial charge is 0.361 e. The number of halogens is 1. The molecule has 0 aliphatic carbocycles. The lowest BCUT2D eigenvalue weighted by Crippen LogP contribution is -2.40. The van der Waals surface area contributed by atoms with Gasteiger partial charge in [0, 0.05) is 18.8 Å². The van der Waals surface area contributed by atoms with E-state index in [4.69, 9.17) is 23.8 Å². The molecule has 1 heterocycles. The highest BCUT2D eigenvalue weighted by molar-refractivity contribution is 7.80. The summed E-state index contributed by atoms with van der Waals surface area (Å²) >= 11 is 10.8. The topological polar surface area (TPSA) is 41.9 Å². The second-order valence-electron chi connectivity index (χ2n) is 3.48. The molecule has 2 N–H and O–H groups in total. The molecule has 0 unspecified atom stereocenters. The van der Waals surface area contributed by atoms with Crippen molar-refractivity contribution in [1.82, 2.24) is 20.4 Å². The Kier molecular flexibility index (Phi) is 4.84. The van der Waals surface area contributed by atoms with E-state index in [2.05, 4.69) is 15.7 Å². The van der Waals surface area contributed by atoms with Crippen molar-refractivity contribution in [2.45, 2.75) is 26.4 Å². The second kappa shape index (κ2) is 5.92. The van der Waals surface area contributed by atoms with Crippen molar-refractivity contribution in [2.75, 3.05) is 6.54 Å². The maximum absolute atomic E-state index is 5.73. The molecule has 0 saturated carbocycles. The third-order valence-electron chi connectivity index (χ3n) is 1.65. The second-order valence-corrected chi connectivity index (χ2v) is 4.32. The van der Waals surface area contributed by atoms with Gasteiger partial charge in [0.1, 0.15) is 0 Å². The van der Waals surface area contributed by atoms with Crippen molar-refractivity contribution in [3.63, 3.8) is 0 Å². The molecule has 0 aliphatic rings. The Hall–Kier alpha value is -0.810. The van der Waals surface area contributed by atoms with Gasteiger partial charge in [0.05, 0.1) is 17.8 Å². The molecule has 0 atom stereocenters. The Morgan fingerprint density at radius 2 is 2.40 bits per heavy atom. The summed E-state index contributed by atoms with van der Waals surface area (Å²) in [7, 11) is 0. The molecule has 1 aromatic rings. The molecule has 0 fully saturated rings. The van der Waals surface area contributed by atoms with E-state index in [0.717, 1.165) is 13.1 Å². The van der Waals surface area contributed by atoms with Crippen LogP contribution in [0.4, 0.5) is 0 Å². The maximum atomic E-state index is 5.73. The fraction of sp³-hybridized carbons (Fsp3) is 0.556. The van der Waals surface area contributed by atoms with Gasteiger partial charge in [-0.25, -0.2) is 0 Å². The summed E-state index contributed by atoms with van der Waals surface area (Å²) in [5, 5.41) is 11.6. The molecule has 0 aromatic carbocycles. The highest BCUT2D eigenvalue weighted by atomic mass is 35.5. The number of thiocarbonyl (C=S) groups is 1. The van der Waals surface area contributed by atoms with E-state index in [1.54, 1.807) is 17.1 Å². The highest BCUT2D eigenvalue weighted by Crippen LogP contribution is 2.03. The molecule has 0 radical (unpaired) electrons. The number of nitrogens with one attached hydrogen (secondary N) is 2. The van der Waals surface area contributed by atoms with Gasteiger partial charge in [0.2, 0.25) is 0 Å². The standard InChI is InChI=1S/C9H15ClN4S/c1-7(2)13-9(15)11-3-4-14-6-8(10)5-12-14/h5-7H,3-4H2,1-2H3,(H2,11,13,15). The molecule has 15 heavy (non-hydrogen) atoms. The van der Waals surface area contributed by atoms with Crippen molar-refractivity contribution >= 4 is 28.9 Å². The van der Waals surface area contributed by atoms with Crippen LogP contribution in [0, 0.1) is 0 Å². The molecule has 0 bridgehead atoms. The molecule has 0 spiro atoms. The minimum atomic E-state index is 0.351. The first-order valence-corrected chi connectivity index (χ1v) is 5.59. The first-order valence-electron chi connectivity index (χ1n) is 4.80. The monoisotopic (exact) mass is 246 g/mol. The lowest BCUT2D eigenvalue weighted by molar-refractivity contribution is 0.596. The van der Waals surface area contributed by atoms with Crippen LogP contribution in [0.15, 0.2) is 12.4 Å². The van der Waals surface area contributed by atoms with Gasteiger partial charge < -0.3 is 10.6 Å². The number of rotatable bonds is 4. The van der Waals surface area contributed by atoms with Gasteiger partial charge in [-0.2, -0.15) is 5.10 Å². The van der Waals surface area contributed by atoms with Gasteiger partial charge in [0.25, 0.3) is 0 Å². The van der Waals surface area contributed by atoms with Crippen molar-refractivity contribution in [3.05, 3.63) is 17.4 Å². The van der Waals surface area contributed by atoms with Crippen LogP contribution in [0.2, 0.25) is 5.02 Å².